The SMILES string of the molecule is CCOc1ccc([C@@]2(C(=O)OCc3c(F)c(F)c(F)c(F)c3F)C[C@H]2Cl)cc1. The molecule has 0 saturated heterocycles. The summed E-state index contributed by atoms with van der Waals surface area (Å²) in [6.45, 7) is 1.14. The van der Waals surface area contributed by atoms with Gasteiger partial charge in [-0.2, -0.15) is 0 Å². The largest absolute Gasteiger partial charge is 0.494 e. The number of rotatable bonds is 6. The normalized spacial score (nSPS) is 20.8. The van der Waals surface area contributed by atoms with Crippen molar-refractivity contribution in [2.75, 3.05) is 6.61 Å². The number of halogens is 6. The zero-order valence-electron chi connectivity index (χ0n) is 14.5. The third-order valence-corrected chi connectivity index (χ3v) is 5.10. The number of benzene rings is 2. The summed E-state index contributed by atoms with van der Waals surface area (Å²) < 4.78 is 77.3. The van der Waals surface area contributed by atoms with Crippen LogP contribution >= 0.6 is 11.6 Å². The average Bonchev–Trinajstić information content (AvgIpc) is 3.37. The Hall–Kier alpha value is -2.35. The zero-order chi connectivity index (χ0) is 20.6. The molecule has 0 unspecified atom stereocenters. The molecule has 0 amide bonds. The van der Waals surface area contributed by atoms with E-state index in [1.54, 1.807) is 24.3 Å². The van der Waals surface area contributed by atoms with Crippen LogP contribution in [0.1, 0.15) is 24.5 Å². The van der Waals surface area contributed by atoms with Crippen molar-refractivity contribution in [1.82, 2.24) is 0 Å². The topological polar surface area (TPSA) is 35.5 Å². The fourth-order valence-corrected chi connectivity index (χ4v) is 3.37. The van der Waals surface area contributed by atoms with Crippen molar-refractivity contribution in [3.63, 3.8) is 0 Å². The lowest BCUT2D eigenvalue weighted by atomic mass is 9.96. The zero-order valence-corrected chi connectivity index (χ0v) is 15.3. The molecule has 1 fully saturated rings. The quantitative estimate of drug-likeness (QED) is 0.222. The summed E-state index contributed by atoms with van der Waals surface area (Å²) in [5.41, 5.74) is -1.98. The smallest absolute Gasteiger partial charge is 0.318 e. The molecule has 1 aliphatic rings. The number of hydrogen-bond donors (Lipinski definition) is 0. The summed E-state index contributed by atoms with van der Waals surface area (Å²) in [5, 5.41) is -0.630. The molecule has 3 rings (SSSR count). The van der Waals surface area contributed by atoms with E-state index < -0.39 is 58.0 Å². The first-order valence-corrected chi connectivity index (χ1v) is 8.72. The van der Waals surface area contributed by atoms with Gasteiger partial charge in [-0.15, -0.1) is 11.6 Å². The van der Waals surface area contributed by atoms with Gasteiger partial charge in [0, 0.05) is 0 Å². The molecule has 150 valence electrons. The molecule has 0 bridgehead atoms. The lowest BCUT2D eigenvalue weighted by molar-refractivity contribution is -0.148. The maximum Gasteiger partial charge on any atom is 0.318 e. The molecular formula is C19H14ClF5O3. The van der Waals surface area contributed by atoms with Crippen molar-refractivity contribution in [2.24, 2.45) is 0 Å². The lowest BCUT2D eigenvalue weighted by Crippen LogP contribution is -2.26. The third kappa shape index (κ3) is 3.30. The Morgan fingerprint density at radius 3 is 2.00 bits per heavy atom. The van der Waals surface area contributed by atoms with Gasteiger partial charge in [-0.05, 0) is 31.0 Å². The van der Waals surface area contributed by atoms with Gasteiger partial charge in [-0.25, -0.2) is 22.0 Å². The molecule has 2 atom stereocenters. The van der Waals surface area contributed by atoms with Crippen molar-refractivity contribution in [1.29, 1.82) is 0 Å². The van der Waals surface area contributed by atoms with E-state index in [1.165, 1.54) is 0 Å². The third-order valence-electron chi connectivity index (χ3n) is 4.57. The highest BCUT2D eigenvalue weighted by Crippen LogP contribution is 2.53. The Labute approximate surface area is 162 Å². The molecule has 0 radical (unpaired) electrons. The summed E-state index contributed by atoms with van der Waals surface area (Å²) in [5.74, 6) is -10.9. The Bertz CT molecular complexity index is 890. The van der Waals surface area contributed by atoms with Crippen LogP contribution in [0.2, 0.25) is 0 Å². The summed E-state index contributed by atoms with van der Waals surface area (Å²) in [4.78, 5) is 12.5. The number of ether oxygens (including phenoxy) is 2. The first-order valence-electron chi connectivity index (χ1n) is 8.29. The minimum atomic E-state index is -2.28. The van der Waals surface area contributed by atoms with Crippen molar-refractivity contribution >= 4 is 17.6 Å². The Balaban J connectivity index is 1.81. The standard InChI is InChI=1S/C19H14ClF5O3/c1-2-27-10-5-3-9(4-6-10)19(7-12(19)20)18(26)28-8-11-13(21)15(23)17(25)16(24)14(11)22/h3-6,12H,2,7-8H2,1H3/t12-,19+/m1/s1. The number of carbonyl (C=O) groups is 1. The Kier molecular flexibility index (Phi) is 5.52. The lowest BCUT2D eigenvalue weighted by Gasteiger charge is -2.17. The van der Waals surface area contributed by atoms with Crippen molar-refractivity contribution in [2.45, 2.75) is 30.7 Å². The second-order valence-electron chi connectivity index (χ2n) is 6.23. The fourth-order valence-electron chi connectivity index (χ4n) is 2.91. The highest BCUT2D eigenvalue weighted by Gasteiger charge is 2.62. The Morgan fingerprint density at radius 1 is 1.04 bits per heavy atom. The number of alkyl halides is 1. The minimum Gasteiger partial charge on any atom is -0.494 e. The highest BCUT2D eigenvalue weighted by molar-refractivity contribution is 6.27. The highest BCUT2D eigenvalue weighted by atomic mass is 35.5. The van der Waals surface area contributed by atoms with E-state index in [1.807, 2.05) is 6.92 Å². The molecule has 1 aliphatic carbocycles. The average molecular weight is 421 g/mol. The van der Waals surface area contributed by atoms with Gasteiger partial charge in [0.25, 0.3) is 0 Å². The van der Waals surface area contributed by atoms with Crippen LogP contribution in [0.3, 0.4) is 0 Å². The van der Waals surface area contributed by atoms with E-state index in [0.717, 1.165) is 0 Å². The summed E-state index contributed by atoms with van der Waals surface area (Å²) >= 11 is 6.10. The molecule has 0 aliphatic heterocycles. The molecule has 0 N–H and O–H groups in total. The van der Waals surface area contributed by atoms with Crippen molar-refractivity contribution in [3.05, 3.63) is 64.5 Å². The van der Waals surface area contributed by atoms with E-state index in [2.05, 4.69) is 0 Å². The van der Waals surface area contributed by atoms with Gasteiger partial charge in [-0.1, -0.05) is 12.1 Å². The molecule has 0 spiro atoms. The molecule has 2 aromatic carbocycles. The van der Waals surface area contributed by atoms with Crippen molar-refractivity contribution in [3.8, 4) is 5.75 Å². The molecule has 3 nitrogen and oxygen atoms in total. The van der Waals surface area contributed by atoms with Crippen LogP contribution in [0.5, 0.6) is 5.75 Å². The fraction of sp³-hybridized carbons (Fsp3) is 0.316. The molecule has 2 aromatic rings. The van der Waals surface area contributed by atoms with Crippen molar-refractivity contribution < 1.29 is 36.2 Å². The van der Waals surface area contributed by atoms with Crippen LogP contribution in [-0.4, -0.2) is 18.0 Å². The van der Waals surface area contributed by atoms with Gasteiger partial charge >= 0.3 is 5.97 Å². The minimum absolute atomic E-state index is 0.207. The van der Waals surface area contributed by atoms with Gasteiger partial charge in [0.2, 0.25) is 5.82 Å². The summed E-state index contributed by atoms with van der Waals surface area (Å²) in [6, 6.07) is 6.46. The van der Waals surface area contributed by atoms with Crippen LogP contribution in [-0.2, 0) is 21.6 Å². The number of esters is 1. The van der Waals surface area contributed by atoms with E-state index in [-0.39, 0.29) is 6.42 Å². The number of hydrogen-bond acceptors (Lipinski definition) is 3. The van der Waals surface area contributed by atoms with Gasteiger partial charge in [-0.3, -0.25) is 4.79 Å². The van der Waals surface area contributed by atoms with E-state index >= 15 is 0 Å². The second kappa shape index (κ2) is 7.58. The van der Waals surface area contributed by atoms with Crippen LogP contribution in [0.25, 0.3) is 0 Å². The van der Waals surface area contributed by atoms with E-state index in [9.17, 15) is 26.7 Å². The molecule has 0 heterocycles. The van der Waals surface area contributed by atoms with E-state index in [0.29, 0.717) is 17.9 Å². The van der Waals surface area contributed by atoms with Gasteiger partial charge in [0.05, 0.1) is 17.5 Å². The summed E-state index contributed by atoms with van der Waals surface area (Å²) in [6.07, 6.45) is 0.207. The van der Waals surface area contributed by atoms with E-state index in [4.69, 9.17) is 21.1 Å². The van der Waals surface area contributed by atoms with Gasteiger partial charge in [0.15, 0.2) is 23.3 Å². The maximum absolute atomic E-state index is 13.7. The molecule has 0 aromatic heterocycles. The van der Waals surface area contributed by atoms with Crippen LogP contribution < -0.4 is 4.74 Å². The molecular weight excluding hydrogens is 407 g/mol. The maximum atomic E-state index is 13.7. The molecule has 9 heteroatoms. The molecule has 1 saturated carbocycles. The first kappa shape index (κ1) is 20.4. The monoisotopic (exact) mass is 420 g/mol. The van der Waals surface area contributed by atoms with Crippen LogP contribution in [0.15, 0.2) is 24.3 Å². The van der Waals surface area contributed by atoms with Crippen LogP contribution in [0, 0.1) is 29.1 Å². The predicted molar refractivity (Wildman–Crippen MR) is 89.6 cm³/mol. The number of carbonyl (C=O) groups excluding carboxylic acids is 1. The van der Waals surface area contributed by atoms with Gasteiger partial charge < -0.3 is 9.47 Å². The molecule has 28 heavy (non-hydrogen) atoms. The Morgan fingerprint density at radius 2 is 1.54 bits per heavy atom. The summed E-state index contributed by atoms with van der Waals surface area (Å²) in [7, 11) is 0. The second-order valence-corrected chi connectivity index (χ2v) is 6.75. The predicted octanol–water partition coefficient (Wildman–Crippen LogP) is 4.77. The van der Waals surface area contributed by atoms with Gasteiger partial charge in [0.1, 0.15) is 17.8 Å². The first-order chi connectivity index (χ1) is 13.2. The van der Waals surface area contributed by atoms with Crippen LogP contribution in [0.4, 0.5) is 22.0 Å².